The Balaban J connectivity index is 2.04. The van der Waals surface area contributed by atoms with Gasteiger partial charge in [-0.25, -0.2) is 0 Å². The smallest absolute Gasteiger partial charge is 0.0434 e. The fraction of sp³-hybridized carbons (Fsp3) is 0.545. The normalized spacial score (nSPS) is 27.8. The minimum atomic E-state index is 0.662. The van der Waals surface area contributed by atoms with E-state index in [0.29, 0.717) is 5.92 Å². The molecule has 0 aromatic carbocycles. The standard InChI is InChI=1S/C11H16N2/c12-8-9-4-5-10(7-9)11-3-1-2-6-13-11/h1-3,6,9-10H,4-5,7-8,12H2. The van der Waals surface area contributed by atoms with E-state index in [1.807, 2.05) is 12.3 Å². The van der Waals surface area contributed by atoms with E-state index in [1.54, 1.807) is 0 Å². The zero-order valence-electron chi connectivity index (χ0n) is 7.82. The molecule has 2 N–H and O–H groups in total. The molecule has 0 aliphatic heterocycles. The van der Waals surface area contributed by atoms with E-state index >= 15 is 0 Å². The van der Waals surface area contributed by atoms with Crippen LogP contribution in [0.25, 0.3) is 0 Å². The molecule has 2 rings (SSSR count). The highest BCUT2D eigenvalue weighted by molar-refractivity contribution is 5.11. The Kier molecular flexibility index (Phi) is 2.60. The molecule has 1 heterocycles. The van der Waals surface area contributed by atoms with Crippen LogP contribution >= 0.6 is 0 Å². The Morgan fingerprint density at radius 1 is 1.38 bits per heavy atom. The highest BCUT2D eigenvalue weighted by Gasteiger charge is 2.25. The van der Waals surface area contributed by atoms with E-state index in [1.165, 1.54) is 25.0 Å². The first kappa shape index (κ1) is 8.70. The van der Waals surface area contributed by atoms with Crippen molar-refractivity contribution >= 4 is 0 Å². The third kappa shape index (κ3) is 1.89. The van der Waals surface area contributed by atoms with Gasteiger partial charge in [0.2, 0.25) is 0 Å². The lowest BCUT2D eigenvalue weighted by molar-refractivity contribution is 0.548. The first-order valence-corrected chi connectivity index (χ1v) is 5.01. The molecule has 0 amide bonds. The molecule has 0 spiro atoms. The lowest BCUT2D eigenvalue weighted by Crippen LogP contribution is -2.10. The zero-order chi connectivity index (χ0) is 9.10. The molecule has 1 aliphatic rings. The maximum absolute atomic E-state index is 5.65. The second kappa shape index (κ2) is 3.88. The topological polar surface area (TPSA) is 38.9 Å². The predicted molar refractivity (Wildman–Crippen MR) is 53.4 cm³/mol. The van der Waals surface area contributed by atoms with E-state index in [2.05, 4.69) is 17.1 Å². The van der Waals surface area contributed by atoms with Crippen molar-refractivity contribution in [3.05, 3.63) is 30.1 Å². The van der Waals surface area contributed by atoms with Crippen LogP contribution < -0.4 is 5.73 Å². The Labute approximate surface area is 79.2 Å². The molecule has 13 heavy (non-hydrogen) atoms. The summed E-state index contributed by atoms with van der Waals surface area (Å²) in [6.45, 7) is 0.837. The SMILES string of the molecule is NCC1CCC(c2ccccn2)C1. The van der Waals surface area contributed by atoms with Crippen molar-refractivity contribution in [3.63, 3.8) is 0 Å². The first-order valence-electron chi connectivity index (χ1n) is 5.01. The summed E-state index contributed by atoms with van der Waals surface area (Å²) in [6, 6.07) is 6.17. The molecule has 1 aliphatic carbocycles. The molecule has 2 atom stereocenters. The zero-order valence-corrected chi connectivity index (χ0v) is 7.82. The van der Waals surface area contributed by atoms with Crippen LogP contribution in [0.15, 0.2) is 24.4 Å². The average molecular weight is 176 g/mol. The monoisotopic (exact) mass is 176 g/mol. The van der Waals surface area contributed by atoms with Gasteiger partial charge < -0.3 is 5.73 Å². The van der Waals surface area contributed by atoms with Crippen molar-refractivity contribution in [2.24, 2.45) is 11.7 Å². The number of hydrogen-bond acceptors (Lipinski definition) is 2. The maximum atomic E-state index is 5.65. The van der Waals surface area contributed by atoms with Crippen LogP contribution in [0.2, 0.25) is 0 Å². The lowest BCUT2D eigenvalue weighted by Gasteiger charge is -2.08. The van der Waals surface area contributed by atoms with Crippen LogP contribution in [0.1, 0.15) is 30.9 Å². The quantitative estimate of drug-likeness (QED) is 0.747. The summed E-state index contributed by atoms with van der Waals surface area (Å²) >= 11 is 0. The van der Waals surface area contributed by atoms with Gasteiger partial charge in [-0.2, -0.15) is 0 Å². The van der Waals surface area contributed by atoms with Crippen LogP contribution in [0.3, 0.4) is 0 Å². The number of nitrogens with zero attached hydrogens (tertiary/aromatic N) is 1. The van der Waals surface area contributed by atoms with Gasteiger partial charge in [0.05, 0.1) is 0 Å². The van der Waals surface area contributed by atoms with Crippen LogP contribution in [0.5, 0.6) is 0 Å². The van der Waals surface area contributed by atoms with Gasteiger partial charge in [0.1, 0.15) is 0 Å². The molecule has 1 saturated carbocycles. The van der Waals surface area contributed by atoms with Crippen molar-refractivity contribution in [3.8, 4) is 0 Å². The van der Waals surface area contributed by atoms with Gasteiger partial charge in [-0.1, -0.05) is 6.07 Å². The molecule has 2 unspecified atom stereocenters. The Bertz CT molecular complexity index is 258. The van der Waals surface area contributed by atoms with Gasteiger partial charge in [-0.05, 0) is 43.9 Å². The second-order valence-corrected chi connectivity index (χ2v) is 3.87. The van der Waals surface area contributed by atoms with Gasteiger partial charge in [-0.15, -0.1) is 0 Å². The van der Waals surface area contributed by atoms with Crippen molar-refractivity contribution in [1.82, 2.24) is 4.98 Å². The number of nitrogens with two attached hydrogens (primary N) is 1. The summed E-state index contributed by atoms with van der Waals surface area (Å²) in [5.41, 5.74) is 6.90. The molecule has 1 fully saturated rings. The summed E-state index contributed by atoms with van der Waals surface area (Å²) in [7, 11) is 0. The molecule has 2 nitrogen and oxygen atoms in total. The fourth-order valence-corrected chi connectivity index (χ4v) is 2.18. The molecule has 0 saturated heterocycles. The van der Waals surface area contributed by atoms with E-state index < -0.39 is 0 Å². The van der Waals surface area contributed by atoms with Gasteiger partial charge in [0.25, 0.3) is 0 Å². The first-order chi connectivity index (χ1) is 6.40. The molecule has 0 bridgehead atoms. The van der Waals surface area contributed by atoms with Crippen molar-refractivity contribution in [2.75, 3.05) is 6.54 Å². The number of aromatic nitrogens is 1. The van der Waals surface area contributed by atoms with Crippen LogP contribution in [0.4, 0.5) is 0 Å². The molecule has 1 aromatic rings. The Hall–Kier alpha value is -0.890. The van der Waals surface area contributed by atoms with Gasteiger partial charge in [0.15, 0.2) is 0 Å². The average Bonchev–Trinajstić information content (AvgIpc) is 2.67. The fourth-order valence-electron chi connectivity index (χ4n) is 2.18. The minimum Gasteiger partial charge on any atom is -0.330 e. The van der Waals surface area contributed by atoms with Crippen LogP contribution in [0, 0.1) is 5.92 Å². The summed E-state index contributed by atoms with van der Waals surface area (Å²) < 4.78 is 0. The van der Waals surface area contributed by atoms with Gasteiger partial charge >= 0.3 is 0 Å². The van der Waals surface area contributed by atoms with Gasteiger partial charge in [0, 0.05) is 17.8 Å². The number of pyridine rings is 1. The molecule has 1 aromatic heterocycles. The highest BCUT2D eigenvalue weighted by Crippen LogP contribution is 2.36. The van der Waals surface area contributed by atoms with Crippen molar-refractivity contribution in [1.29, 1.82) is 0 Å². The minimum absolute atomic E-state index is 0.662. The molecule has 2 heteroatoms. The van der Waals surface area contributed by atoms with Gasteiger partial charge in [-0.3, -0.25) is 4.98 Å². The van der Waals surface area contributed by atoms with Crippen molar-refractivity contribution < 1.29 is 0 Å². The lowest BCUT2D eigenvalue weighted by atomic mass is 10.0. The molecular weight excluding hydrogens is 160 g/mol. The summed E-state index contributed by atoms with van der Waals surface area (Å²) in [5.74, 6) is 1.39. The third-order valence-electron chi connectivity index (χ3n) is 2.98. The Morgan fingerprint density at radius 3 is 2.92 bits per heavy atom. The third-order valence-corrected chi connectivity index (χ3v) is 2.98. The maximum Gasteiger partial charge on any atom is 0.0434 e. The van der Waals surface area contributed by atoms with E-state index in [0.717, 1.165) is 12.5 Å². The molecule has 0 radical (unpaired) electrons. The Morgan fingerprint density at radius 2 is 2.31 bits per heavy atom. The molecule has 70 valence electrons. The molecular formula is C11H16N2. The van der Waals surface area contributed by atoms with E-state index in [-0.39, 0.29) is 0 Å². The summed E-state index contributed by atoms with van der Waals surface area (Å²) in [6.07, 6.45) is 5.65. The van der Waals surface area contributed by atoms with E-state index in [9.17, 15) is 0 Å². The van der Waals surface area contributed by atoms with Crippen molar-refractivity contribution in [2.45, 2.75) is 25.2 Å². The van der Waals surface area contributed by atoms with Crippen LogP contribution in [-0.4, -0.2) is 11.5 Å². The second-order valence-electron chi connectivity index (χ2n) is 3.87. The van der Waals surface area contributed by atoms with Crippen LogP contribution in [-0.2, 0) is 0 Å². The summed E-state index contributed by atoms with van der Waals surface area (Å²) in [5, 5.41) is 0. The predicted octanol–water partition coefficient (Wildman–Crippen LogP) is 1.92. The summed E-state index contributed by atoms with van der Waals surface area (Å²) in [4.78, 5) is 4.39. The number of rotatable bonds is 2. The number of hydrogen-bond donors (Lipinski definition) is 1. The largest absolute Gasteiger partial charge is 0.330 e. The highest BCUT2D eigenvalue weighted by atomic mass is 14.7. The van der Waals surface area contributed by atoms with E-state index in [4.69, 9.17) is 5.73 Å².